The van der Waals surface area contributed by atoms with Gasteiger partial charge in [0, 0.05) is 28.2 Å². The molecule has 106 valence electrons. The van der Waals surface area contributed by atoms with E-state index in [9.17, 15) is 0 Å². The largest absolute Gasteiger partial charge is 0.382 e. The molecule has 1 aliphatic rings. The third-order valence-corrected chi connectivity index (χ3v) is 4.52. The number of rotatable bonds is 5. The molecule has 1 aromatic rings. The van der Waals surface area contributed by atoms with Crippen molar-refractivity contribution in [2.75, 3.05) is 11.9 Å². The minimum Gasteiger partial charge on any atom is -0.382 e. The predicted molar refractivity (Wildman–Crippen MR) is 84.5 cm³/mol. The summed E-state index contributed by atoms with van der Waals surface area (Å²) in [4.78, 5) is 0. The van der Waals surface area contributed by atoms with E-state index in [2.05, 4.69) is 73.2 Å². The lowest BCUT2D eigenvalue weighted by molar-refractivity contribution is -0.108. The Bertz CT molecular complexity index is 413. The summed E-state index contributed by atoms with van der Waals surface area (Å²) in [5, 5.41) is 3.61. The third-order valence-electron chi connectivity index (χ3n) is 3.99. The molecule has 2 nitrogen and oxygen atoms in total. The van der Waals surface area contributed by atoms with Crippen LogP contribution in [0.3, 0.4) is 0 Å². The molecule has 0 saturated heterocycles. The van der Waals surface area contributed by atoms with Gasteiger partial charge in [-0.1, -0.05) is 43.6 Å². The Labute approximate surface area is 125 Å². The molecule has 0 radical (unpaired) electrons. The van der Waals surface area contributed by atoms with Crippen LogP contribution in [0, 0.1) is 11.3 Å². The van der Waals surface area contributed by atoms with Gasteiger partial charge in [0.2, 0.25) is 0 Å². The Kier molecular flexibility index (Phi) is 4.57. The lowest BCUT2D eigenvalue weighted by Crippen LogP contribution is -2.58. The first kappa shape index (κ1) is 14.9. The molecule has 0 aromatic heterocycles. The van der Waals surface area contributed by atoms with Gasteiger partial charge in [0.1, 0.15) is 0 Å². The zero-order chi connectivity index (χ0) is 14.0. The third kappa shape index (κ3) is 3.51. The van der Waals surface area contributed by atoms with Crippen molar-refractivity contribution >= 4 is 21.6 Å². The van der Waals surface area contributed by atoms with Gasteiger partial charge in [-0.05, 0) is 36.6 Å². The van der Waals surface area contributed by atoms with Crippen LogP contribution in [-0.4, -0.2) is 18.8 Å². The maximum atomic E-state index is 5.99. The summed E-state index contributed by atoms with van der Waals surface area (Å²) in [5.74, 6) is 0.606. The minimum absolute atomic E-state index is 0.196. The monoisotopic (exact) mass is 325 g/mol. The lowest BCUT2D eigenvalue weighted by Gasteiger charge is -2.52. The first-order chi connectivity index (χ1) is 8.89. The molecular weight excluding hydrogens is 302 g/mol. The van der Waals surface area contributed by atoms with E-state index in [-0.39, 0.29) is 5.41 Å². The van der Waals surface area contributed by atoms with E-state index in [1.54, 1.807) is 0 Å². The molecule has 0 aliphatic heterocycles. The summed E-state index contributed by atoms with van der Waals surface area (Å²) >= 11 is 3.46. The Hall–Kier alpha value is -0.540. The van der Waals surface area contributed by atoms with E-state index >= 15 is 0 Å². The second-order valence-electron chi connectivity index (χ2n) is 6.48. The quantitative estimate of drug-likeness (QED) is 0.847. The molecule has 2 rings (SSSR count). The van der Waals surface area contributed by atoms with Crippen molar-refractivity contribution < 1.29 is 4.74 Å². The van der Waals surface area contributed by atoms with Crippen molar-refractivity contribution in [2.24, 2.45) is 11.3 Å². The summed E-state index contributed by atoms with van der Waals surface area (Å²) in [6.07, 6.45) is 1.47. The Morgan fingerprint density at radius 2 is 1.95 bits per heavy atom. The van der Waals surface area contributed by atoms with Crippen LogP contribution in [0.1, 0.15) is 34.1 Å². The lowest BCUT2D eigenvalue weighted by atomic mass is 9.64. The molecule has 2 unspecified atom stereocenters. The highest BCUT2D eigenvalue weighted by molar-refractivity contribution is 9.10. The fraction of sp³-hybridized carbons (Fsp3) is 0.625. The van der Waals surface area contributed by atoms with E-state index in [0.717, 1.165) is 17.5 Å². The van der Waals surface area contributed by atoms with Gasteiger partial charge in [0.25, 0.3) is 0 Å². The molecule has 1 aromatic carbocycles. The van der Waals surface area contributed by atoms with Gasteiger partial charge in [-0.25, -0.2) is 0 Å². The molecule has 1 N–H and O–H groups in total. The Morgan fingerprint density at radius 3 is 2.47 bits per heavy atom. The fourth-order valence-electron chi connectivity index (χ4n) is 2.47. The average Bonchev–Trinajstić information content (AvgIpc) is 2.34. The number of halogens is 1. The molecule has 2 atom stereocenters. The van der Waals surface area contributed by atoms with Crippen LogP contribution >= 0.6 is 15.9 Å². The van der Waals surface area contributed by atoms with Gasteiger partial charge in [-0.3, -0.25) is 0 Å². The fourth-order valence-corrected chi connectivity index (χ4v) is 2.73. The second-order valence-corrected chi connectivity index (χ2v) is 7.39. The highest BCUT2D eigenvalue weighted by Gasteiger charge is 2.49. The van der Waals surface area contributed by atoms with E-state index in [1.165, 1.54) is 5.69 Å². The van der Waals surface area contributed by atoms with Gasteiger partial charge in [0.05, 0.1) is 6.10 Å². The summed E-state index contributed by atoms with van der Waals surface area (Å²) in [6.45, 7) is 9.83. The minimum atomic E-state index is 0.196. The summed E-state index contributed by atoms with van der Waals surface area (Å²) in [6, 6.07) is 8.86. The first-order valence-electron chi connectivity index (χ1n) is 7.03. The normalized spacial score (nSPS) is 25.2. The smallest absolute Gasteiger partial charge is 0.0665 e. The van der Waals surface area contributed by atoms with Gasteiger partial charge in [-0.2, -0.15) is 0 Å². The number of hydrogen-bond donors (Lipinski definition) is 1. The molecule has 1 fully saturated rings. The number of hydrogen-bond acceptors (Lipinski definition) is 2. The van der Waals surface area contributed by atoms with Crippen molar-refractivity contribution in [1.29, 1.82) is 0 Å². The molecule has 0 spiro atoms. The molecule has 1 aliphatic carbocycles. The van der Waals surface area contributed by atoms with E-state index in [4.69, 9.17) is 4.74 Å². The van der Waals surface area contributed by atoms with Crippen LogP contribution < -0.4 is 5.32 Å². The van der Waals surface area contributed by atoms with Gasteiger partial charge in [-0.15, -0.1) is 0 Å². The van der Waals surface area contributed by atoms with Crippen LogP contribution in [0.15, 0.2) is 28.7 Å². The first-order valence-corrected chi connectivity index (χ1v) is 7.82. The average molecular weight is 326 g/mol. The SMILES string of the molecule is CC(C)COC1CC(Nc2ccc(Br)cc2)C1(C)C. The zero-order valence-electron chi connectivity index (χ0n) is 12.2. The molecule has 3 heteroatoms. The maximum Gasteiger partial charge on any atom is 0.0665 e. The molecule has 0 heterocycles. The van der Waals surface area contributed by atoms with Crippen molar-refractivity contribution in [1.82, 2.24) is 0 Å². The number of ether oxygens (including phenoxy) is 1. The summed E-state index contributed by atoms with van der Waals surface area (Å²) < 4.78 is 7.11. The van der Waals surface area contributed by atoms with Crippen molar-refractivity contribution in [2.45, 2.75) is 46.3 Å². The van der Waals surface area contributed by atoms with Gasteiger partial charge < -0.3 is 10.1 Å². The summed E-state index contributed by atoms with van der Waals surface area (Å²) in [5.41, 5.74) is 1.38. The molecule has 1 saturated carbocycles. The Balaban J connectivity index is 1.88. The van der Waals surface area contributed by atoms with Crippen LogP contribution in [0.2, 0.25) is 0 Å². The van der Waals surface area contributed by atoms with Crippen LogP contribution in [0.25, 0.3) is 0 Å². The maximum absolute atomic E-state index is 5.99. The van der Waals surface area contributed by atoms with Crippen LogP contribution in [0.5, 0.6) is 0 Å². The summed E-state index contributed by atoms with van der Waals surface area (Å²) in [7, 11) is 0. The van der Waals surface area contributed by atoms with Crippen molar-refractivity contribution in [3.05, 3.63) is 28.7 Å². The van der Waals surface area contributed by atoms with E-state index < -0.39 is 0 Å². The van der Waals surface area contributed by atoms with Crippen LogP contribution in [0.4, 0.5) is 5.69 Å². The highest BCUT2D eigenvalue weighted by Crippen LogP contribution is 2.44. The molecule has 0 bridgehead atoms. The zero-order valence-corrected chi connectivity index (χ0v) is 13.8. The second kappa shape index (κ2) is 5.84. The highest BCUT2D eigenvalue weighted by atomic mass is 79.9. The van der Waals surface area contributed by atoms with Gasteiger partial charge in [0.15, 0.2) is 0 Å². The number of nitrogens with one attached hydrogen (secondary N) is 1. The standard InChI is InChI=1S/C16H24BrNO/c1-11(2)10-19-15-9-14(16(15,3)4)18-13-7-5-12(17)6-8-13/h5-8,11,14-15,18H,9-10H2,1-4H3. The predicted octanol–water partition coefficient (Wildman–Crippen LogP) is 4.70. The van der Waals surface area contributed by atoms with Crippen molar-refractivity contribution in [3.63, 3.8) is 0 Å². The topological polar surface area (TPSA) is 21.3 Å². The van der Waals surface area contributed by atoms with Crippen LogP contribution in [-0.2, 0) is 4.74 Å². The molecular formula is C16H24BrNO. The van der Waals surface area contributed by atoms with Gasteiger partial charge >= 0.3 is 0 Å². The molecule has 19 heavy (non-hydrogen) atoms. The number of anilines is 1. The molecule has 0 amide bonds. The Morgan fingerprint density at radius 1 is 1.32 bits per heavy atom. The van der Waals surface area contributed by atoms with Crippen molar-refractivity contribution in [3.8, 4) is 0 Å². The van der Waals surface area contributed by atoms with E-state index in [1.807, 2.05) is 0 Å². The number of benzene rings is 1. The van der Waals surface area contributed by atoms with E-state index in [0.29, 0.717) is 18.1 Å².